The molecule has 1 aromatic carbocycles. The predicted molar refractivity (Wildman–Crippen MR) is 117 cm³/mol. The number of anilines is 1. The van der Waals surface area contributed by atoms with E-state index in [0.29, 0.717) is 5.56 Å². The van der Waals surface area contributed by atoms with Crippen molar-refractivity contribution in [3.63, 3.8) is 0 Å². The summed E-state index contributed by atoms with van der Waals surface area (Å²) in [6.45, 7) is 3.28. The lowest BCUT2D eigenvalue weighted by Crippen LogP contribution is -2.28. The topological polar surface area (TPSA) is 46.1 Å². The summed E-state index contributed by atoms with van der Waals surface area (Å²) in [5, 5.41) is 2.81. The predicted octanol–water partition coefficient (Wildman–Crippen LogP) is 5.98. The molecule has 0 saturated heterocycles. The monoisotopic (exact) mass is 427 g/mol. The molecule has 0 bridgehead atoms. The molecule has 0 atom stereocenters. The van der Waals surface area contributed by atoms with Gasteiger partial charge in [0.05, 0.1) is 10.5 Å². The zero-order chi connectivity index (χ0) is 19.5. The fourth-order valence-corrected chi connectivity index (χ4v) is 4.91. The van der Waals surface area contributed by atoms with Gasteiger partial charge in [-0.2, -0.15) is 0 Å². The van der Waals surface area contributed by atoms with Gasteiger partial charge in [-0.05, 0) is 25.5 Å². The number of nitrogens with zero attached hydrogens (tertiary/aromatic N) is 3. The van der Waals surface area contributed by atoms with Crippen LogP contribution in [-0.2, 0) is 0 Å². The van der Waals surface area contributed by atoms with E-state index in [-0.39, 0.29) is 5.78 Å². The average Bonchev–Trinajstić information content (AvgIpc) is 3.13. The summed E-state index contributed by atoms with van der Waals surface area (Å²) in [6, 6.07) is 9.53. The highest BCUT2D eigenvalue weighted by Crippen LogP contribution is 2.35. The fraction of sp³-hybridized carbons (Fsp3) is 0.190. The summed E-state index contributed by atoms with van der Waals surface area (Å²) in [5.41, 5.74) is 2.37. The second-order valence-corrected chi connectivity index (χ2v) is 9.05. The summed E-state index contributed by atoms with van der Waals surface area (Å²) in [5.74, 6) is 0.883. The Morgan fingerprint density at radius 1 is 1.29 bits per heavy atom. The first kappa shape index (κ1) is 19.2. The lowest BCUT2D eigenvalue weighted by molar-refractivity contribution is 0.101. The Bertz CT molecular complexity index is 1050. The zero-order valence-electron chi connectivity index (χ0n) is 15.3. The Kier molecular flexibility index (Phi) is 5.80. The van der Waals surface area contributed by atoms with Crippen molar-refractivity contribution in [2.45, 2.75) is 23.3 Å². The van der Waals surface area contributed by atoms with Gasteiger partial charge >= 0.3 is 0 Å². The number of Topliss-reactive ketones (excluding diaryl/α,β-unsaturated/α-hetero) is 1. The molecule has 0 spiro atoms. The molecule has 0 amide bonds. The third kappa shape index (κ3) is 4.29. The van der Waals surface area contributed by atoms with E-state index in [0.717, 1.165) is 50.8 Å². The van der Waals surface area contributed by atoms with Gasteiger partial charge in [0, 0.05) is 34.5 Å². The minimum atomic E-state index is 0.0377. The zero-order valence-corrected chi connectivity index (χ0v) is 17.7. The first-order valence-corrected chi connectivity index (χ1v) is 11.0. The van der Waals surface area contributed by atoms with Crippen molar-refractivity contribution in [2.24, 2.45) is 0 Å². The van der Waals surface area contributed by atoms with Crippen molar-refractivity contribution in [3.8, 4) is 11.3 Å². The van der Waals surface area contributed by atoms with Crippen molar-refractivity contribution in [1.29, 1.82) is 0 Å². The SMILES string of the molecule is CC(=O)c1cccc(-c2nc(Sc3csc(Cl)c3)cnc2N2CC=CCC2)c1. The van der Waals surface area contributed by atoms with Crippen LogP contribution in [0.25, 0.3) is 11.3 Å². The van der Waals surface area contributed by atoms with E-state index in [2.05, 4.69) is 17.1 Å². The Labute approximate surface area is 177 Å². The number of aromatic nitrogens is 2. The number of benzene rings is 1. The first-order valence-electron chi connectivity index (χ1n) is 8.90. The van der Waals surface area contributed by atoms with Crippen LogP contribution in [0, 0.1) is 0 Å². The molecular weight excluding hydrogens is 410 g/mol. The van der Waals surface area contributed by atoms with Crippen LogP contribution in [0.2, 0.25) is 4.34 Å². The Morgan fingerprint density at radius 2 is 2.18 bits per heavy atom. The summed E-state index contributed by atoms with van der Waals surface area (Å²) in [7, 11) is 0. The fourth-order valence-electron chi connectivity index (χ4n) is 3.03. The molecular formula is C21H18ClN3OS2. The van der Waals surface area contributed by atoms with Crippen molar-refractivity contribution in [1.82, 2.24) is 9.97 Å². The minimum Gasteiger partial charge on any atom is -0.351 e. The Hall–Kier alpha value is -2.15. The number of halogens is 1. The molecule has 28 heavy (non-hydrogen) atoms. The van der Waals surface area contributed by atoms with Crippen LogP contribution in [0.5, 0.6) is 0 Å². The summed E-state index contributed by atoms with van der Waals surface area (Å²) >= 11 is 9.09. The number of hydrogen-bond acceptors (Lipinski definition) is 6. The van der Waals surface area contributed by atoms with Crippen molar-refractivity contribution in [3.05, 3.63) is 64.0 Å². The molecule has 4 rings (SSSR count). The van der Waals surface area contributed by atoms with Gasteiger partial charge in [0.2, 0.25) is 0 Å². The molecule has 142 valence electrons. The highest BCUT2D eigenvalue weighted by atomic mass is 35.5. The van der Waals surface area contributed by atoms with Crippen molar-refractivity contribution >= 4 is 46.3 Å². The van der Waals surface area contributed by atoms with E-state index in [9.17, 15) is 4.79 Å². The first-order chi connectivity index (χ1) is 13.6. The molecule has 0 N–H and O–H groups in total. The quantitative estimate of drug-likeness (QED) is 0.370. The van der Waals surface area contributed by atoms with Crippen LogP contribution in [0.4, 0.5) is 5.82 Å². The summed E-state index contributed by atoms with van der Waals surface area (Å²) in [4.78, 5) is 24.8. The second-order valence-electron chi connectivity index (χ2n) is 6.41. The van der Waals surface area contributed by atoms with Crippen molar-refractivity contribution < 1.29 is 4.79 Å². The van der Waals surface area contributed by atoms with E-state index in [1.54, 1.807) is 6.92 Å². The Balaban J connectivity index is 1.77. The third-order valence-corrected chi connectivity index (χ3v) is 6.51. The van der Waals surface area contributed by atoms with E-state index in [1.807, 2.05) is 41.9 Å². The van der Waals surface area contributed by atoms with Gasteiger partial charge in [-0.1, -0.05) is 53.7 Å². The molecule has 0 aliphatic carbocycles. The highest BCUT2D eigenvalue weighted by molar-refractivity contribution is 7.99. The lowest BCUT2D eigenvalue weighted by Gasteiger charge is -2.26. The van der Waals surface area contributed by atoms with Crippen LogP contribution in [0.15, 0.2) is 64.0 Å². The molecule has 3 aromatic rings. The van der Waals surface area contributed by atoms with Gasteiger partial charge < -0.3 is 4.90 Å². The van der Waals surface area contributed by atoms with Crippen molar-refractivity contribution in [2.75, 3.05) is 18.0 Å². The number of carbonyl (C=O) groups excluding carboxylic acids is 1. The normalized spacial score (nSPS) is 13.7. The molecule has 7 heteroatoms. The van der Waals surface area contributed by atoms with Gasteiger partial charge in [-0.25, -0.2) is 9.97 Å². The highest BCUT2D eigenvalue weighted by Gasteiger charge is 2.18. The smallest absolute Gasteiger partial charge is 0.159 e. The largest absolute Gasteiger partial charge is 0.351 e. The molecule has 0 fully saturated rings. The molecule has 1 aliphatic rings. The lowest BCUT2D eigenvalue weighted by atomic mass is 10.0. The van der Waals surface area contributed by atoms with E-state index in [1.165, 1.54) is 23.1 Å². The maximum absolute atomic E-state index is 11.9. The minimum absolute atomic E-state index is 0.0377. The maximum Gasteiger partial charge on any atom is 0.159 e. The molecule has 2 aromatic heterocycles. The average molecular weight is 428 g/mol. The van der Waals surface area contributed by atoms with Crippen LogP contribution in [-0.4, -0.2) is 28.8 Å². The van der Waals surface area contributed by atoms with Crippen LogP contribution >= 0.6 is 34.7 Å². The van der Waals surface area contributed by atoms with Gasteiger partial charge in [0.1, 0.15) is 10.7 Å². The van der Waals surface area contributed by atoms with Gasteiger partial charge in [0.15, 0.2) is 11.6 Å². The molecule has 0 unspecified atom stereocenters. The maximum atomic E-state index is 11.9. The third-order valence-electron chi connectivity index (χ3n) is 4.40. The van der Waals surface area contributed by atoms with Gasteiger partial charge in [0.25, 0.3) is 0 Å². The molecule has 1 aliphatic heterocycles. The Morgan fingerprint density at radius 3 is 2.89 bits per heavy atom. The number of ketones is 1. The standard InChI is InChI=1S/C21H18ClN3OS2/c1-14(26)15-6-5-7-16(10-15)20-21(25-8-3-2-4-9-25)23-12-19(24-20)28-17-11-18(22)27-13-17/h2-3,5-7,10-13H,4,8-9H2,1H3. The number of hydrogen-bond donors (Lipinski definition) is 0. The van der Waals surface area contributed by atoms with Crippen LogP contribution in [0.1, 0.15) is 23.7 Å². The molecule has 0 radical (unpaired) electrons. The summed E-state index contributed by atoms with van der Waals surface area (Å²) < 4.78 is 0.751. The molecule has 0 saturated carbocycles. The molecule has 4 nitrogen and oxygen atoms in total. The van der Waals surface area contributed by atoms with Gasteiger partial charge in [-0.3, -0.25) is 4.79 Å². The number of carbonyl (C=O) groups is 1. The second kappa shape index (κ2) is 8.47. The van der Waals surface area contributed by atoms with Gasteiger partial charge in [-0.15, -0.1) is 11.3 Å². The van der Waals surface area contributed by atoms with E-state index >= 15 is 0 Å². The summed E-state index contributed by atoms with van der Waals surface area (Å²) in [6.07, 6.45) is 7.13. The number of rotatable bonds is 5. The van der Waals surface area contributed by atoms with E-state index < -0.39 is 0 Å². The van der Waals surface area contributed by atoms with E-state index in [4.69, 9.17) is 21.6 Å². The van der Waals surface area contributed by atoms with Crippen LogP contribution in [0.3, 0.4) is 0 Å². The number of thiophene rings is 1. The molecule has 3 heterocycles. The van der Waals surface area contributed by atoms with Crippen LogP contribution < -0.4 is 4.90 Å².